The van der Waals surface area contributed by atoms with E-state index in [1.807, 2.05) is 11.0 Å². The number of β-amino-alcohol motifs (C(OH)–C–C–N with tert-alkyl or cyclic N) is 1. The first-order valence-electron chi connectivity index (χ1n) is 12.8. The van der Waals surface area contributed by atoms with Crippen molar-refractivity contribution in [2.24, 2.45) is 0 Å². The third kappa shape index (κ3) is 4.46. The molecule has 2 N–H and O–H groups in total. The fourth-order valence-electron chi connectivity index (χ4n) is 6.32. The smallest absolute Gasteiger partial charge is 0.321 e. The number of urea groups is 1. The number of carbonyl (C=O) groups excluding carboxylic acids is 2. The lowest BCUT2D eigenvalue weighted by Crippen LogP contribution is -2.59. The van der Waals surface area contributed by atoms with Gasteiger partial charge in [-0.3, -0.25) is 9.69 Å². The first kappa shape index (κ1) is 24.6. The molecule has 1 aromatic carbocycles. The summed E-state index contributed by atoms with van der Waals surface area (Å²) in [6.45, 7) is 0.775. The Bertz CT molecular complexity index is 1080. The molecule has 2 aromatic rings. The third-order valence-electron chi connectivity index (χ3n) is 8.65. The van der Waals surface area contributed by atoms with E-state index in [4.69, 9.17) is 0 Å². The van der Waals surface area contributed by atoms with Gasteiger partial charge in [-0.1, -0.05) is 30.3 Å². The fourth-order valence-corrected chi connectivity index (χ4v) is 6.32. The van der Waals surface area contributed by atoms with Crippen LogP contribution in [0.25, 0.3) is 0 Å². The Kier molecular flexibility index (Phi) is 6.46. The number of anilines is 1. The molecule has 192 valence electrons. The summed E-state index contributed by atoms with van der Waals surface area (Å²) in [7, 11) is 4.26. The largest absolute Gasteiger partial charge is 0.388 e. The van der Waals surface area contributed by atoms with Gasteiger partial charge in [0.1, 0.15) is 12.9 Å². The number of aromatic nitrogens is 2. The van der Waals surface area contributed by atoms with Gasteiger partial charge in [0.05, 0.1) is 35.8 Å². The van der Waals surface area contributed by atoms with E-state index in [0.29, 0.717) is 31.6 Å². The van der Waals surface area contributed by atoms with E-state index in [9.17, 15) is 14.7 Å². The average molecular weight is 493 g/mol. The summed E-state index contributed by atoms with van der Waals surface area (Å²) in [6.07, 6.45) is 10.3. The summed E-state index contributed by atoms with van der Waals surface area (Å²) < 4.78 is 0. The van der Waals surface area contributed by atoms with Crippen molar-refractivity contribution in [3.05, 3.63) is 54.6 Å². The van der Waals surface area contributed by atoms with Crippen LogP contribution in [0.4, 0.5) is 10.5 Å². The molecule has 5 rings (SSSR count). The number of hydrogen-bond donors (Lipinski definition) is 2. The van der Waals surface area contributed by atoms with Gasteiger partial charge >= 0.3 is 6.03 Å². The highest BCUT2D eigenvalue weighted by atomic mass is 16.3. The van der Waals surface area contributed by atoms with Crippen LogP contribution in [-0.2, 0) is 10.3 Å². The number of amides is 3. The van der Waals surface area contributed by atoms with Gasteiger partial charge in [0, 0.05) is 12.1 Å². The van der Waals surface area contributed by atoms with Gasteiger partial charge in [0.15, 0.2) is 0 Å². The fraction of sp³-hybridized carbons (Fsp3) is 0.556. The first-order valence-corrected chi connectivity index (χ1v) is 12.8. The topological polar surface area (TPSA) is 102 Å². The van der Waals surface area contributed by atoms with Gasteiger partial charge in [-0.15, -0.1) is 0 Å². The van der Waals surface area contributed by atoms with E-state index >= 15 is 0 Å². The number of hydrogen-bond acceptors (Lipinski definition) is 6. The normalized spacial score (nSPS) is 27.4. The highest BCUT2D eigenvalue weighted by molar-refractivity contribution is 5.94. The van der Waals surface area contributed by atoms with E-state index in [-0.39, 0.29) is 24.0 Å². The van der Waals surface area contributed by atoms with Gasteiger partial charge in [-0.05, 0) is 64.6 Å². The summed E-state index contributed by atoms with van der Waals surface area (Å²) in [5.74, 6) is -0.278. The van der Waals surface area contributed by atoms with Crippen molar-refractivity contribution < 1.29 is 14.7 Å². The SMILES string of the molecule is CN(C)[C@]1(c2ccccc2)CC[C@]2(CC1)CN(CC(=O)Nc1cncnc1)C(=O)N2CC1(O)CCC1. The molecule has 3 aliphatic rings. The first-order chi connectivity index (χ1) is 17.3. The van der Waals surface area contributed by atoms with E-state index < -0.39 is 11.1 Å². The van der Waals surface area contributed by atoms with Gasteiger partial charge < -0.3 is 20.2 Å². The molecule has 1 saturated heterocycles. The maximum absolute atomic E-state index is 13.7. The van der Waals surface area contributed by atoms with Crippen LogP contribution < -0.4 is 5.32 Å². The molecular formula is C27H36N6O3. The standard InChI is InChI=1S/C27H36N6O3/c1-31(2)27(21-7-4-3-5-8-21)13-11-25(12-14-27)18-32(17-23(34)30-22-15-28-20-29-16-22)24(35)33(25)19-26(36)9-6-10-26/h3-5,7-8,15-16,20,36H,6,9-14,17-19H2,1-2H3,(H,30,34)/t25-,27+. The lowest BCUT2D eigenvalue weighted by molar-refractivity contribution is -0.116. The zero-order valence-electron chi connectivity index (χ0n) is 21.2. The van der Waals surface area contributed by atoms with Crippen molar-refractivity contribution >= 4 is 17.6 Å². The second-order valence-electron chi connectivity index (χ2n) is 11.0. The minimum Gasteiger partial charge on any atom is -0.388 e. The maximum atomic E-state index is 13.7. The van der Waals surface area contributed by atoms with Crippen molar-refractivity contribution in [1.29, 1.82) is 0 Å². The van der Waals surface area contributed by atoms with E-state index in [2.05, 4.69) is 58.5 Å². The molecule has 0 radical (unpaired) electrons. The Balaban J connectivity index is 1.37. The number of carbonyl (C=O) groups is 2. The quantitative estimate of drug-likeness (QED) is 0.616. The second kappa shape index (κ2) is 9.44. The molecule has 2 saturated carbocycles. The van der Waals surface area contributed by atoms with Crippen molar-refractivity contribution in [3.63, 3.8) is 0 Å². The van der Waals surface area contributed by atoms with Crippen molar-refractivity contribution in [1.82, 2.24) is 24.7 Å². The van der Waals surface area contributed by atoms with Crippen LogP contribution >= 0.6 is 0 Å². The molecule has 1 aliphatic heterocycles. The van der Waals surface area contributed by atoms with E-state index in [1.54, 1.807) is 4.90 Å². The molecule has 2 heterocycles. The van der Waals surface area contributed by atoms with Crippen LogP contribution in [0.1, 0.15) is 50.5 Å². The molecule has 0 unspecified atom stereocenters. The van der Waals surface area contributed by atoms with E-state index in [1.165, 1.54) is 24.3 Å². The lowest BCUT2D eigenvalue weighted by Gasteiger charge is -2.52. The number of nitrogens with zero attached hydrogens (tertiary/aromatic N) is 5. The third-order valence-corrected chi connectivity index (χ3v) is 8.65. The Morgan fingerprint density at radius 1 is 1.06 bits per heavy atom. The zero-order chi connectivity index (χ0) is 25.4. The molecule has 0 bridgehead atoms. The predicted octanol–water partition coefficient (Wildman–Crippen LogP) is 2.84. The Hall–Kier alpha value is -3.04. The molecule has 0 atom stereocenters. The minimum absolute atomic E-state index is 0.0398. The molecule has 2 aliphatic carbocycles. The molecule has 3 amide bonds. The van der Waals surface area contributed by atoms with Gasteiger partial charge in [-0.25, -0.2) is 14.8 Å². The number of aliphatic hydroxyl groups is 1. The Morgan fingerprint density at radius 2 is 1.72 bits per heavy atom. The van der Waals surface area contributed by atoms with Crippen LogP contribution in [-0.4, -0.2) is 86.6 Å². The van der Waals surface area contributed by atoms with Crippen LogP contribution in [0.5, 0.6) is 0 Å². The second-order valence-corrected chi connectivity index (χ2v) is 11.0. The molecule has 36 heavy (non-hydrogen) atoms. The van der Waals surface area contributed by atoms with Crippen LogP contribution in [0, 0.1) is 0 Å². The van der Waals surface area contributed by atoms with Crippen LogP contribution in [0.2, 0.25) is 0 Å². The molecule has 3 fully saturated rings. The Labute approximate surface area is 212 Å². The number of nitrogens with one attached hydrogen (secondary N) is 1. The lowest BCUT2D eigenvalue weighted by atomic mass is 9.67. The van der Waals surface area contributed by atoms with Crippen molar-refractivity contribution in [3.8, 4) is 0 Å². The molecule has 1 spiro atoms. The van der Waals surface area contributed by atoms with Gasteiger partial charge in [-0.2, -0.15) is 0 Å². The van der Waals surface area contributed by atoms with Gasteiger partial charge in [0.25, 0.3) is 0 Å². The van der Waals surface area contributed by atoms with Crippen molar-refractivity contribution in [2.75, 3.05) is 39.0 Å². The minimum atomic E-state index is -0.822. The summed E-state index contributed by atoms with van der Waals surface area (Å²) in [5, 5.41) is 13.8. The summed E-state index contributed by atoms with van der Waals surface area (Å²) in [5.41, 5.74) is 0.470. The molecule has 9 heteroatoms. The Morgan fingerprint density at radius 3 is 2.31 bits per heavy atom. The number of rotatable bonds is 7. The average Bonchev–Trinajstić information content (AvgIpc) is 3.09. The van der Waals surface area contributed by atoms with Crippen LogP contribution in [0.3, 0.4) is 0 Å². The summed E-state index contributed by atoms with van der Waals surface area (Å²) >= 11 is 0. The highest BCUT2D eigenvalue weighted by Gasteiger charge is 2.56. The monoisotopic (exact) mass is 492 g/mol. The zero-order valence-corrected chi connectivity index (χ0v) is 21.2. The van der Waals surface area contributed by atoms with Gasteiger partial charge in [0.2, 0.25) is 5.91 Å². The molecule has 1 aromatic heterocycles. The van der Waals surface area contributed by atoms with Crippen LogP contribution in [0.15, 0.2) is 49.1 Å². The van der Waals surface area contributed by atoms with Crippen molar-refractivity contribution in [2.45, 2.75) is 61.6 Å². The summed E-state index contributed by atoms with van der Waals surface area (Å²) in [4.78, 5) is 40.2. The maximum Gasteiger partial charge on any atom is 0.321 e. The highest BCUT2D eigenvalue weighted by Crippen LogP contribution is 2.50. The predicted molar refractivity (Wildman–Crippen MR) is 136 cm³/mol. The molecular weight excluding hydrogens is 456 g/mol. The number of benzene rings is 1. The molecule has 9 nitrogen and oxygen atoms in total. The summed E-state index contributed by atoms with van der Waals surface area (Å²) in [6, 6.07) is 10.4. The van der Waals surface area contributed by atoms with E-state index in [0.717, 1.165) is 32.1 Å².